The summed E-state index contributed by atoms with van der Waals surface area (Å²) < 4.78 is 10.6. The Morgan fingerprint density at radius 1 is 1.04 bits per heavy atom. The first-order chi connectivity index (χ1) is 12.6. The van der Waals surface area contributed by atoms with Crippen LogP contribution in [0.2, 0.25) is 0 Å². The third-order valence-corrected chi connectivity index (χ3v) is 5.74. The molecule has 138 valence electrons. The molecule has 0 aliphatic heterocycles. The van der Waals surface area contributed by atoms with E-state index in [1.54, 1.807) is 7.11 Å². The molecule has 3 heteroatoms. The second-order valence-corrected chi connectivity index (χ2v) is 7.30. The van der Waals surface area contributed by atoms with Crippen molar-refractivity contribution in [3.8, 4) is 11.5 Å². The maximum absolute atomic E-state index is 11.2. The van der Waals surface area contributed by atoms with Crippen LogP contribution in [-0.2, 0) is 10.2 Å². The van der Waals surface area contributed by atoms with Crippen LogP contribution in [0.25, 0.3) is 0 Å². The van der Waals surface area contributed by atoms with E-state index in [1.807, 2.05) is 12.1 Å². The zero-order chi connectivity index (χ0) is 18.6. The molecule has 0 saturated heterocycles. The Labute approximate surface area is 156 Å². The van der Waals surface area contributed by atoms with Crippen molar-refractivity contribution in [3.05, 3.63) is 59.7 Å². The molecule has 0 bridgehead atoms. The van der Waals surface area contributed by atoms with E-state index in [1.165, 1.54) is 37.3 Å². The van der Waals surface area contributed by atoms with Gasteiger partial charge in [-0.2, -0.15) is 0 Å². The molecule has 0 aromatic heterocycles. The summed E-state index contributed by atoms with van der Waals surface area (Å²) >= 11 is 0. The second kappa shape index (κ2) is 7.94. The number of ether oxygens (including phenoxy) is 2. The first-order valence-corrected chi connectivity index (χ1v) is 9.51. The number of benzene rings is 2. The molecule has 26 heavy (non-hydrogen) atoms. The Morgan fingerprint density at radius 3 is 2.12 bits per heavy atom. The van der Waals surface area contributed by atoms with Gasteiger partial charge in [0.25, 0.3) is 0 Å². The molecule has 0 amide bonds. The highest BCUT2D eigenvalue weighted by Crippen LogP contribution is 2.48. The molecular formula is C23H28O3. The van der Waals surface area contributed by atoms with Gasteiger partial charge >= 0.3 is 5.97 Å². The number of carbonyl (C=O) groups is 1. The fourth-order valence-corrected chi connectivity index (χ4v) is 4.35. The second-order valence-electron chi connectivity index (χ2n) is 7.30. The fraction of sp³-hybridized carbons (Fsp3) is 0.435. The van der Waals surface area contributed by atoms with Crippen molar-refractivity contribution in [3.63, 3.8) is 0 Å². The third-order valence-electron chi connectivity index (χ3n) is 5.74. The zero-order valence-corrected chi connectivity index (χ0v) is 16.0. The molecular weight excluding hydrogens is 324 g/mol. The van der Waals surface area contributed by atoms with Gasteiger partial charge in [-0.25, -0.2) is 0 Å². The summed E-state index contributed by atoms with van der Waals surface area (Å²) in [5.41, 5.74) is 2.66. The molecule has 0 spiro atoms. The molecule has 0 heterocycles. The lowest BCUT2D eigenvalue weighted by Crippen LogP contribution is -2.34. The molecule has 2 aromatic carbocycles. The Bertz CT molecular complexity index is 733. The number of hydrogen-bond acceptors (Lipinski definition) is 3. The molecule has 2 aromatic rings. The molecule has 0 radical (unpaired) electrons. The van der Waals surface area contributed by atoms with Gasteiger partial charge in [0.05, 0.1) is 7.11 Å². The van der Waals surface area contributed by atoms with Crippen molar-refractivity contribution >= 4 is 5.97 Å². The topological polar surface area (TPSA) is 35.5 Å². The average Bonchev–Trinajstić information content (AvgIpc) is 2.68. The summed E-state index contributed by atoms with van der Waals surface area (Å²) in [6, 6.07) is 16.6. The van der Waals surface area contributed by atoms with E-state index in [-0.39, 0.29) is 11.4 Å². The van der Waals surface area contributed by atoms with E-state index in [9.17, 15) is 4.79 Å². The van der Waals surface area contributed by atoms with E-state index < -0.39 is 0 Å². The number of esters is 1. The fourth-order valence-electron chi connectivity index (χ4n) is 4.35. The maximum Gasteiger partial charge on any atom is 0.308 e. The molecule has 1 aliphatic rings. The van der Waals surface area contributed by atoms with Crippen molar-refractivity contribution in [1.82, 2.24) is 0 Å². The summed E-state index contributed by atoms with van der Waals surface area (Å²) in [5, 5.41) is 0. The van der Waals surface area contributed by atoms with Crippen molar-refractivity contribution in [2.75, 3.05) is 7.11 Å². The van der Waals surface area contributed by atoms with Crippen LogP contribution in [0.1, 0.15) is 57.1 Å². The molecule has 2 unspecified atom stereocenters. The number of rotatable bonds is 5. The molecule has 3 nitrogen and oxygen atoms in total. The number of hydrogen-bond donors (Lipinski definition) is 0. The van der Waals surface area contributed by atoms with Gasteiger partial charge in [0.2, 0.25) is 0 Å². The summed E-state index contributed by atoms with van der Waals surface area (Å²) in [6.45, 7) is 3.72. The highest BCUT2D eigenvalue weighted by molar-refractivity contribution is 5.69. The maximum atomic E-state index is 11.2. The van der Waals surface area contributed by atoms with E-state index in [0.29, 0.717) is 5.75 Å². The summed E-state index contributed by atoms with van der Waals surface area (Å²) in [5.74, 6) is 1.94. The van der Waals surface area contributed by atoms with Crippen LogP contribution in [0.5, 0.6) is 11.5 Å². The zero-order valence-electron chi connectivity index (χ0n) is 16.0. The van der Waals surface area contributed by atoms with Crippen LogP contribution in [0.3, 0.4) is 0 Å². The van der Waals surface area contributed by atoms with Crippen LogP contribution in [0.15, 0.2) is 48.5 Å². The van der Waals surface area contributed by atoms with Crippen LogP contribution in [-0.4, -0.2) is 13.1 Å². The van der Waals surface area contributed by atoms with E-state index in [0.717, 1.165) is 24.5 Å². The Hall–Kier alpha value is -2.29. The summed E-state index contributed by atoms with van der Waals surface area (Å²) in [4.78, 5) is 11.2. The third kappa shape index (κ3) is 3.77. The largest absolute Gasteiger partial charge is 0.497 e. The minimum absolute atomic E-state index is 0.0138. The predicted octanol–water partition coefficient (Wildman–Crippen LogP) is 5.51. The summed E-state index contributed by atoms with van der Waals surface area (Å²) in [7, 11) is 1.70. The Kier molecular flexibility index (Phi) is 5.65. The lowest BCUT2D eigenvalue weighted by molar-refractivity contribution is -0.131. The monoisotopic (exact) mass is 352 g/mol. The standard InChI is InChI=1S/C23H28O3/c1-4-18-6-5-15-23(16-18,19-7-11-21(25-3)12-8-19)20-9-13-22(14-10-20)26-17(2)24/h7-14,18H,4-6,15-16H2,1-3H3. The Balaban J connectivity index is 2.01. The van der Waals surface area contributed by atoms with Crippen molar-refractivity contribution in [1.29, 1.82) is 0 Å². The predicted molar refractivity (Wildman–Crippen MR) is 104 cm³/mol. The number of methoxy groups -OCH3 is 1. The molecule has 3 rings (SSSR count). The molecule has 1 aliphatic carbocycles. The van der Waals surface area contributed by atoms with Crippen LogP contribution in [0, 0.1) is 5.92 Å². The van der Waals surface area contributed by atoms with Crippen molar-refractivity contribution in [2.24, 2.45) is 5.92 Å². The highest BCUT2D eigenvalue weighted by atomic mass is 16.5. The van der Waals surface area contributed by atoms with Crippen LogP contribution in [0.4, 0.5) is 0 Å². The van der Waals surface area contributed by atoms with Gasteiger partial charge in [-0.3, -0.25) is 4.79 Å². The number of carbonyl (C=O) groups excluding carboxylic acids is 1. The molecule has 1 fully saturated rings. The molecule has 2 atom stereocenters. The van der Waals surface area contributed by atoms with Gasteiger partial charge in [0, 0.05) is 12.3 Å². The van der Waals surface area contributed by atoms with Gasteiger partial charge in [0.15, 0.2) is 0 Å². The van der Waals surface area contributed by atoms with Crippen molar-refractivity contribution < 1.29 is 14.3 Å². The van der Waals surface area contributed by atoms with Crippen molar-refractivity contribution in [2.45, 2.75) is 51.4 Å². The van der Waals surface area contributed by atoms with Crippen LogP contribution >= 0.6 is 0 Å². The minimum Gasteiger partial charge on any atom is -0.497 e. The lowest BCUT2D eigenvalue weighted by Gasteiger charge is -2.42. The van der Waals surface area contributed by atoms with Gasteiger partial charge in [-0.1, -0.05) is 50.5 Å². The summed E-state index contributed by atoms with van der Waals surface area (Å²) in [6.07, 6.45) is 6.05. The van der Waals surface area contributed by atoms with E-state index >= 15 is 0 Å². The van der Waals surface area contributed by atoms with Gasteiger partial charge < -0.3 is 9.47 Å². The Morgan fingerprint density at radius 2 is 1.62 bits per heavy atom. The first kappa shape index (κ1) is 18.5. The minimum atomic E-state index is -0.286. The molecule has 1 saturated carbocycles. The quantitative estimate of drug-likeness (QED) is 0.526. The SMILES string of the molecule is CCC1CCCC(c2ccc(OC)cc2)(c2ccc(OC(C)=O)cc2)C1. The molecule has 0 N–H and O–H groups in total. The van der Waals surface area contributed by atoms with E-state index in [4.69, 9.17) is 9.47 Å². The average molecular weight is 352 g/mol. The highest BCUT2D eigenvalue weighted by Gasteiger charge is 2.38. The lowest BCUT2D eigenvalue weighted by atomic mass is 9.62. The van der Waals surface area contributed by atoms with E-state index in [2.05, 4.69) is 43.3 Å². The normalized spacial score (nSPS) is 22.7. The van der Waals surface area contributed by atoms with Gasteiger partial charge in [0.1, 0.15) is 11.5 Å². The smallest absolute Gasteiger partial charge is 0.308 e. The van der Waals surface area contributed by atoms with Gasteiger partial charge in [-0.15, -0.1) is 0 Å². The first-order valence-electron chi connectivity index (χ1n) is 9.51. The van der Waals surface area contributed by atoms with Crippen LogP contribution < -0.4 is 9.47 Å². The van der Waals surface area contributed by atoms with Gasteiger partial charge in [-0.05, 0) is 54.2 Å².